The molecular formula is C15H18ClNO4. The standard InChI is InChI=1S/C15H18ClNO4/c1-9-5-6-17(14(9)15(19)20)13(18)8-10-7-11(16)3-4-12(10)21-2/h3-4,7,9,14H,5-6,8H2,1-2H3,(H,19,20). The van der Waals surface area contributed by atoms with Gasteiger partial charge in [0.25, 0.3) is 0 Å². The van der Waals surface area contributed by atoms with Crippen LogP contribution in [0.15, 0.2) is 18.2 Å². The second-order valence-corrected chi connectivity index (χ2v) is 5.71. The van der Waals surface area contributed by atoms with Crippen LogP contribution in [-0.2, 0) is 16.0 Å². The SMILES string of the molecule is COc1ccc(Cl)cc1CC(=O)N1CCC(C)C1C(=O)O. The molecule has 1 aromatic rings. The van der Waals surface area contributed by atoms with E-state index in [0.29, 0.717) is 29.3 Å². The topological polar surface area (TPSA) is 66.8 Å². The summed E-state index contributed by atoms with van der Waals surface area (Å²) in [6.07, 6.45) is 0.787. The van der Waals surface area contributed by atoms with E-state index in [1.165, 1.54) is 12.0 Å². The van der Waals surface area contributed by atoms with Crippen LogP contribution < -0.4 is 4.74 Å². The average Bonchev–Trinajstić information content (AvgIpc) is 2.81. The molecule has 2 rings (SSSR count). The summed E-state index contributed by atoms with van der Waals surface area (Å²) >= 11 is 5.94. The van der Waals surface area contributed by atoms with Crippen LogP contribution in [0.5, 0.6) is 5.75 Å². The predicted molar refractivity (Wildman–Crippen MR) is 78.6 cm³/mol. The van der Waals surface area contributed by atoms with Gasteiger partial charge in [0.15, 0.2) is 0 Å². The number of carboxylic acid groups (broad SMARTS) is 1. The molecule has 1 aliphatic rings. The van der Waals surface area contributed by atoms with Crippen LogP contribution in [0.1, 0.15) is 18.9 Å². The first-order valence-corrected chi connectivity index (χ1v) is 7.16. The smallest absolute Gasteiger partial charge is 0.326 e. The molecule has 1 N–H and O–H groups in total. The number of halogens is 1. The molecule has 2 unspecified atom stereocenters. The van der Waals surface area contributed by atoms with Gasteiger partial charge < -0.3 is 14.7 Å². The Morgan fingerprint density at radius 1 is 1.48 bits per heavy atom. The summed E-state index contributed by atoms with van der Waals surface area (Å²) in [4.78, 5) is 25.2. The molecule has 1 amide bonds. The zero-order valence-electron chi connectivity index (χ0n) is 12.0. The van der Waals surface area contributed by atoms with E-state index in [1.54, 1.807) is 18.2 Å². The lowest BCUT2D eigenvalue weighted by Crippen LogP contribution is -2.43. The maximum absolute atomic E-state index is 12.4. The summed E-state index contributed by atoms with van der Waals surface area (Å²) in [6.45, 7) is 2.33. The highest BCUT2D eigenvalue weighted by Gasteiger charge is 2.39. The predicted octanol–water partition coefficient (Wildman–Crippen LogP) is 2.21. The molecule has 1 fully saturated rings. The minimum absolute atomic E-state index is 0.0345. The number of hydrogen-bond acceptors (Lipinski definition) is 3. The van der Waals surface area contributed by atoms with Gasteiger partial charge in [-0.25, -0.2) is 4.79 Å². The summed E-state index contributed by atoms with van der Waals surface area (Å²) in [5, 5.41) is 9.79. The van der Waals surface area contributed by atoms with E-state index < -0.39 is 12.0 Å². The van der Waals surface area contributed by atoms with Gasteiger partial charge in [-0.15, -0.1) is 0 Å². The van der Waals surface area contributed by atoms with Crippen molar-refractivity contribution in [3.8, 4) is 5.75 Å². The van der Waals surface area contributed by atoms with Crippen LogP contribution in [0.3, 0.4) is 0 Å². The fourth-order valence-electron chi connectivity index (χ4n) is 2.75. The van der Waals surface area contributed by atoms with Crippen LogP contribution in [0, 0.1) is 5.92 Å². The quantitative estimate of drug-likeness (QED) is 0.926. The maximum Gasteiger partial charge on any atom is 0.326 e. The van der Waals surface area contributed by atoms with Gasteiger partial charge in [-0.1, -0.05) is 18.5 Å². The van der Waals surface area contributed by atoms with Crippen molar-refractivity contribution in [2.24, 2.45) is 5.92 Å². The van der Waals surface area contributed by atoms with Gasteiger partial charge in [-0.3, -0.25) is 4.79 Å². The number of benzene rings is 1. The van der Waals surface area contributed by atoms with E-state index in [2.05, 4.69) is 0 Å². The monoisotopic (exact) mass is 311 g/mol. The Morgan fingerprint density at radius 2 is 2.19 bits per heavy atom. The number of carbonyl (C=O) groups is 2. The molecule has 0 aliphatic carbocycles. The van der Waals surface area contributed by atoms with E-state index >= 15 is 0 Å². The van der Waals surface area contributed by atoms with E-state index in [4.69, 9.17) is 16.3 Å². The van der Waals surface area contributed by atoms with Gasteiger partial charge >= 0.3 is 5.97 Å². The van der Waals surface area contributed by atoms with Crippen LogP contribution in [0.2, 0.25) is 5.02 Å². The molecule has 0 saturated carbocycles. The lowest BCUT2D eigenvalue weighted by molar-refractivity contribution is -0.149. The first-order valence-electron chi connectivity index (χ1n) is 6.78. The van der Waals surface area contributed by atoms with Crippen molar-refractivity contribution in [3.63, 3.8) is 0 Å². The minimum atomic E-state index is -0.952. The summed E-state index contributed by atoms with van der Waals surface area (Å²) in [6, 6.07) is 4.31. The second-order valence-electron chi connectivity index (χ2n) is 5.27. The molecular weight excluding hydrogens is 294 g/mol. The molecule has 0 aromatic heterocycles. The number of amides is 1. The third kappa shape index (κ3) is 3.29. The maximum atomic E-state index is 12.4. The average molecular weight is 312 g/mol. The number of hydrogen-bond donors (Lipinski definition) is 1. The van der Waals surface area contributed by atoms with Crippen molar-refractivity contribution >= 4 is 23.5 Å². The normalized spacial score (nSPS) is 21.4. The minimum Gasteiger partial charge on any atom is -0.496 e. The van der Waals surface area contributed by atoms with Crippen LogP contribution in [0.4, 0.5) is 0 Å². The summed E-state index contributed by atoms with van der Waals surface area (Å²) < 4.78 is 5.21. The Hall–Kier alpha value is -1.75. The van der Waals surface area contributed by atoms with Gasteiger partial charge in [0.1, 0.15) is 11.8 Å². The van der Waals surface area contributed by atoms with Crippen molar-refractivity contribution in [2.75, 3.05) is 13.7 Å². The molecule has 1 aliphatic heterocycles. The fraction of sp³-hybridized carbons (Fsp3) is 0.467. The van der Waals surface area contributed by atoms with Crippen LogP contribution in [0.25, 0.3) is 0 Å². The third-order valence-corrected chi connectivity index (χ3v) is 4.09. The highest BCUT2D eigenvalue weighted by atomic mass is 35.5. The third-order valence-electron chi connectivity index (χ3n) is 3.86. The molecule has 21 heavy (non-hydrogen) atoms. The molecule has 1 heterocycles. The zero-order valence-corrected chi connectivity index (χ0v) is 12.8. The van der Waals surface area contributed by atoms with Crippen LogP contribution >= 0.6 is 11.6 Å². The number of methoxy groups -OCH3 is 1. The Bertz CT molecular complexity index is 561. The highest BCUT2D eigenvalue weighted by molar-refractivity contribution is 6.30. The molecule has 1 saturated heterocycles. The number of nitrogens with zero attached hydrogens (tertiary/aromatic N) is 1. The van der Waals surface area contributed by atoms with E-state index in [9.17, 15) is 14.7 Å². The molecule has 6 heteroatoms. The Kier molecular flexibility index (Phi) is 4.73. The molecule has 2 atom stereocenters. The fourth-order valence-corrected chi connectivity index (χ4v) is 2.95. The van der Waals surface area contributed by atoms with Gasteiger partial charge in [0.05, 0.1) is 13.5 Å². The van der Waals surface area contributed by atoms with Gasteiger partial charge in [0, 0.05) is 17.1 Å². The van der Waals surface area contributed by atoms with E-state index in [-0.39, 0.29) is 18.2 Å². The number of carboxylic acids is 1. The van der Waals surface area contributed by atoms with Crippen LogP contribution in [-0.4, -0.2) is 41.6 Å². The zero-order chi connectivity index (χ0) is 15.6. The summed E-state index contributed by atoms with van der Waals surface area (Å²) in [7, 11) is 1.52. The number of carbonyl (C=O) groups excluding carboxylic acids is 1. The lowest BCUT2D eigenvalue weighted by Gasteiger charge is -2.23. The Morgan fingerprint density at radius 3 is 2.81 bits per heavy atom. The van der Waals surface area contributed by atoms with Gasteiger partial charge in [-0.05, 0) is 30.5 Å². The van der Waals surface area contributed by atoms with Crippen molar-refractivity contribution in [2.45, 2.75) is 25.8 Å². The largest absolute Gasteiger partial charge is 0.496 e. The lowest BCUT2D eigenvalue weighted by atomic mass is 10.0. The van der Waals surface area contributed by atoms with Gasteiger partial charge in [-0.2, -0.15) is 0 Å². The number of ether oxygens (including phenoxy) is 1. The molecule has 1 aromatic carbocycles. The van der Waals surface area contributed by atoms with Crippen molar-refractivity contribution < 1.29 is 19.4 Å². The molecule has 0 bridgehead atoms. The number of aliphatic carboxylic acids is 1. The molecule has 5 nitrogen and oxygen atoms in total. The van der Waals surface area contributed by atoms with E-state index in [1.807, 2.05) is 6.92 Å². The van der Waals surface area contributed by atoms with Crippen molar-refractivity contribution in [1.29, 1.82) is 0 Å². The van der Waals surface area contributed by atoms with Crippen molar-refractivity contribution in [3.05, 3.63) is 28.8 Å². The van der Waals surface area contributed by atoms with E-state index in [0.717, 1.165) is 0 Å². The second kappa shape index (κ2) is 6.35. The first kappa shape index (κ1) is 15.6. The Labute approximate surface area is 128 Å². The highest BCUT2D eigenvalue weighted by Crippen LogP contribution is 2.27. The molecule has 0 radical (unpaired) electrons. The first-order chi connectivity index (χ1) is 9.93. The summed E-state index contributed by atoms with van der Waals surface area (Å²) in [5.74, 6) is -0.627. The molecule has 0 spiro atoms. The Balaban J connectivity index is 2.18. The summed E-state index contributed by atoms with van der Waals surface area (Å²) in [5.41, 5.74) is 0.665. The van der Waals surface area contributed by atoms with Gasteiger partial charge in [0.2, 0.25) is 5.91 Å². The number of rotatable bonds is 4. The molecule has 114 valence electrons. The van der Waals surface area contributed by atoms with Crippen molar-refractivity contribution in [1.82, 2.24) is 4.90 Å². The number of likely N-dealkylation sites (tertiary alicyclic amines) is 1.